The molecule has 0 bridgehead atoms. The molecular weight excluding hydrogens is 254 g/mol. The minimum atomic E-state index is -1.41. The van der Waals surface area contributed by atoms with E-state index in [1.165, 1.54) is 0 Å². The highest BCUT2D eigenvalue weighted by molar-refractivity contribution is 5.59. The number of hydrogen-bond acceptors (Lipinski definition) is 5. The molecule has 7 heteroatoms. The van der Waals surface area contributed by atoms with E-state index in [0.717, 1.165) is 0 Å². The Labute approximate surface area is 108 Å². The third-order valence-corrected chi connectivity index (χ3v) is 3.10. The first-order valence-electron chi connectivity index (χ1n) is 5.59. The summed E-state index contributed by atoms with van der Waals surface area (Å²) in [6.07, 6.45) is -3.03. The maximum absolute atomic E-state index is 10.8. The fourth-order valence-electron chi connectivity index (χ4n) is 2.23. The van der Waals surface area contributed by atoms with Crippen LogP contribution in [0, 0.1) is 0 Å². The summed E-state index contributed by atoms with van der Waals surface area (Å²) < 4.78 is 9.50. The van der Waals surface area contributed by atoms with Crippen LogP contribution in [0.15, 0.2) is 24.3 Å². The van der Waals surface area contributed by atoms with Crippen LogP contribution in [0.1, 0.15) is 18.4 Å². The topological polar surface area (TPSA) is 119 Å². The van der Waals surface area contributed by atoms with Gasteiger partial charge in [-0.05, 0) is 17.7 Å². The van der Waals surface area contributed by atoms with Gasteiger partial charge in [-0.25, -0.2) is 9.59 Å². The van der Waals surface area contributed by atoms with E-state index in [0.29, 0.717) is 11.3 Å². The molecule has 0 spiro atoms. The minimum absolute atomic E-state index is 0.162. The third-order valence-electron chi connectivity index (χ3n) is 3.10. The maximum atomic E-state index is 10.8. The highest BCUT2D eigenvalue weighted by atomic mass is 16.7. The van der Waals surface area contributed by atoms with E-state index >= 15 is 0 Å². The summed E-state index contributed by atoms with van der Waals surface area (Å²) in [6, 6.07) is 6.59. The van der Waals surface area contributed by atoms with Gasteiger partial charge in [0.15, 0.2) is 0 Å². The number of ether oxygens (including phenoxy) is 2. The first kappa shape index (κ1) is 13.0. The van der Waals surface area contributed by atoms with E-state index in [1.807, 2.05) is 0 Å². The van der Waals surface area contributed by atoms with E-state index in [-0.39, 0.29) is 12.8 Å². The molecule has 0 radical (unpaired) electrons. The Kier molecular flexibility index (Phi) is 3.20. The molecule has 0 heterocycles. The molecule has 0 saturated heterocycles. The summed E-state index contributed by atoms with van der Waals surface area (Å²) >= 11 is 0. The average Bonchev–Trinajstić information content (AvgIpc) is 2.25. The van der Waals surface area contributed by atoms with Crippen molar-refractivity contribution in [1.29, 1.82) is 0 Å². The molecule has 0 amide bonds. The standard InChI is InChI=1S/C12H13NO6/c13-8-3-1-7(2-4-8)12(19-11(16)17)5-9(6-12)18-10(14)15/h1-4,9H,5-6,13H2,(H,14,15)(H,16,17). The average molecular weight is 267 g/mol. The lowest BCUT2D eigenvalue weighted by Gasteiger charge is -2.44. The molecule has 19 heavy (non-hydrogen) atoms. The second-order valence-corrected chi connectivity index (χ2v) is 4.40. The van der Waals surface area contributed by atoms with Crippen LogP contribution in [-0.4, -0.2) is 28.6 Å². The van der Waals surface area contributed by atoms with Crippen LogP contribution in [0.2, 0.25) is 0 Å². The van der Waals surface area contributed by atoms with Crippen molar-refractivity contribution in [3.63, 3.8) is 0 Å². The van der Waals surface area contributed by atoms with Crippen molar-refractivity contribution in [2.24, 2.45) is 0 Å². The Morgan fingerprint density at radius 1 is 1.16 bits per heavy atom. The third kappa shape index (κ3) is 2.70. The van der Waals surface area contributed by atoms with Gasteiger partial charge in [-0.2, -0.15) is 0 Å². The summed E-state index contributed by atoms with van der Waals surface area (Å²) in [7, 11) is 0. The van der Waals surface area contributed by atoms with E-state index < -0.39 is 24.0 Å². The Morgan fingerprint density at radius 3 is 2.21 bits per heavy atom. The van der Waals surface area contributed by atoms with E-state index in [2.05, 4.69) is 4.74 Å². The fraction of sp³-hybridized carbons (Fsp3) is 0.333. The number of hydrogen-bond donors (Lipinski definition) is 3. The number of anilines is 1. The fourth-order valence-corrected chi connectivity index (χ4v) is 2.23. The van der Waals surface area contributed by atoms with Gasteiger partial charge in [-0.1, -0.05) is 12.1 Å². The Bertz CT molecular complexity index is 491. The van der Waals surface area contributed by atoms with Crippen LogP contribution in [0.5, 0.6) is 0 Å². The molecule has 1 aromatic carbocycles. The maximum Gasteiger partial charge on any atom is 0.506 e. The van der Waals surface area contributed by atoms with Gasteiger partial charge in [0.25, 0.3) is 0 Å². The van der Waals surface area contributed by atoms with Gasteiger partial charge in [-0.15, -0.1) is 0 Å². The molecule has 0 unspecified atom stereocenters. The predicted molar refractivity (Wildman–Crippen MR) is 63.8 cm³/mol. The molecule has 1 aromatic rings. The van der Waals surface area contributed by atoms with Gasteiger partial charge >= 0.3 is 12.3 Å². The van der Waals surface area contributed by atoms with Crippen LogP contribution in [0.3, 0.4) is 0 Å². The highest BCUT2D eigenvalue weighted by Crippen LogP contribution is 2.46. The van der Waals surface area contributed by atoms with Gasteiger partial charge in [-0.3, -0.25) is 0 Å². The number of rotatable bonds is 3. The molecule has 2 rings (SSSR count). The van der Waals surface area contributed by atoms with Crippen LogP contribution in [0.4, 0.5) is 15.3 Å². The number of nitrogens with two attached hydrogens (primary N) is 1. The summed E-state index contributed by atoms with van der Waals surface area (Å²) in [5, 5.41) is 17.3. The molecule has 102 valence electrons. The quantitative estimate of drug-likeness (QED) is 0.566. The van der Waals surface area contributed by atoms with Gasteiger partial charge in [0.1, 0.15) is 11.7 Å². The van der Waals surface area contributed by atoms with Gasteiger partial charge in [0, 0.05) is 18.5 Å². The molecule has 1 saturated carbocycles. The lowest BCUT2D eigenvalue weighted by molar-refractivity contribution is -0.140. The summed E-state index contributed by atoms with van der Waals surface area (Å²) in [6.45, 7) is 0. The highest BCUT2D eigenvalue weighted by Gasteiger charge is 2.51. The normalized spacial score (nSPS) is 25.2. The first-order valence-corrected chi connectivity index (χ1v) is 5.59. The minimum Gasteiger partial charge on any atom is -0.450 e. The lowest BCUT2D eigenvalue weighted by atomic mass is 9.72. The number of nitrogen functional groups attached to an aromatic ring is 1. The smallest absolute Gasteiger partial charge is 0.450 e. The van der Waals surface area contributed by atoms with Crippen molar-refractivity contribution in [2.45, 2.75) is 24.5 Å². The zero-order valence-electron chi connectivity index (χ0n) is 9.91. The second kappa shape index (κ2) is 4.68. The predicted octanol–water partition coefficient (Wildman–Crippen LogP) is 2.02. The van der Waals surface area contributed by atoms with E-state index in [4.69, 9.17) is 20.7 Å². The van der Waals surface area contributed by atoms with Gasteiger partial charge in [0.2, 0.25) is 0 Å². The molecule has 0 atom stereocenters. The SMILES string of the molecule is Nc1ccc(C2(OC(=O)O)CC(OC(=O)O)C2)cc1. The van der Waals surface area contributed by atoms with E-state index in [9.17, 15) is 9.59 Å². The van der Waals surface area contributed by atoms with Crippen molar-refractivity contribution < 1.29 is 29.3 Å². The van der Waals surface area contributed by atoms with Crippen molar-refractivity contribution >= 4 is 18.0 Å². The Balaban J connectivity index is 2.16. The number of carboxylic acid groups (broad SMARTS) is 2. The summed E-state index contributed by atoms with van der Waals surface area (Å²) in [4.78, 5) is 21.2. The molecule has 0 aromatic heterocycles. The summed E-state index contributed by atoms with van der Waals surface area (Å²) in [5.41, 5.74) is 5.69. The van der Waals surface area contributed by atoms with Crippen molar-refractivity contribution in [3.8, 4) is 0 Å². The number of carbonyl (C=O) groups is 2. The molecule has 4 N–H and O–H groups in total. The van der Waals surface area contributed by atoms with Crippen molar-refractivity contribution in [3.05, 3.63) is 29.8 Å². The molecule has 1 aliphatic carbocycles. The summed E-state index contributed by atoms with van der Waals surface area (Å²) in [5.74, 6) is 0. The van der Waals surface area contributed by atoms with Crippen LogP contribution < -0.4 is 5.73 Å². The molecule has 1 fully saturated rings. The zero-order valence-corrected chi connectivity index (χ0v) is 9.91. The second-order valence-electron chi connectivity index (χ2n) is 4.40. The van der Waals surface area contributed by atoms with Crippen LogP contribution >= 0.6 is 0 Å². The van der Waals surface area contributed by atoms with E-state index in [1.54, 1.807) is 24.3 Å². The first-order chi connectivity index (χ1) is 8.91. The zero-order chi connectivity index (χ0) is 14.0. The van der Waals surface area contributed by atoms with Crippen LogP contribution in [0.25, 0.3) is 0 Å². The lowest BCUT2D eigenvalue weighted by Crippen LogP contribution is -2.49. The van der Waals surface area contributed by atoms with Gasteiger partial charge in [0.05, 0.1) is 0 Å². The Hall–Kier alpha value is -2.44. The van der Waals surface area contributed by atoms with Crippen molar-refractivity contribution in [2.75, 3.05) is 5.73 Å². The molecule has 1 aliphatic rings. The Morgan fingerprint density at radius 2 is 1.74 bits per heavy atom. The molecule has 0 aliphatic heterocycles. The monoisotopic (exact) mass is 267 g/mol. The number of benzene rings is 1. The molecule has 7 nitrogen and oxygen atoms in total. The van der Waals surface area contributed by atoms with Gasteiger partial charge < -0.3 is 25.4 Å². The largest absolute Gasteiger partial charge is 0.506 e. The van der Waals surface area contributed by atoms with Crippen molar-refractivity contribution in [1.82, 2.24) is 0 Å². The molecular formula is C12H13NO6. The van der Waals surface area contributed by atoms with Crippen LogP contribution in [-0.2, 0) is 15.1 Å².